The van der Waals surface area contributed by atoms with Gasteiger partial charge in [0.05, 0.1) is 0 Å². The Bertz CT molecular complexity index is 176. The second-order valence-corrected chi connectivity index (χ2v) is 4.71. The van der Waals surface area contributed by atoms with Crippen molar-refractivity contribution in [2.24, 2.45) is 0 Å². The van der Waals surface area contributed by atoms with Gasteiger partial charge in [-0.2, -0.15) is 0 Å². The lowest BCUT2D eigenvalue weighted by atomic mass is 10.0. The maximum Gasteiger partial charge on any atom is 0.169 e. The zero-order valence-corrected chi connectivity index (χ0v) is 11.0. The summed E-state index contributed by atoms with van der Waals surface area (Å²) in [6.45, 7) is 7.69. The Balaban J connectivity index is 2.17. The van der Waals surface area contributed by atoms with E-state index in [2.05, 4.69) is 24.1 Å². The first-order chi connectivity index (χ1) is 7.67. The van der Waals surface area contributed by atoms with Gasteiger partial charge in [-0.15, -0.1) is 0 Å². The van der Waals surface area contributed by atoms with E-state index in [9.17, 15) is 0 Å². The van der Waals surface area contributed by atoms with Crippen molar-refractivity contribution in [2.75, 3.05) is 33.9 Å². The second-order valence-electron chi connectivity index (χ2n) is 4.71. The largest absolute Gasteiger partial charge is 0.355 e. The fourth-order valence-electron chi connectivity index (χ4n) is 2.15. The summed E-state index contributed by atoms with van der Waals surface area (Å²) in [5.74, 6) is 0. The van der Waals surface area contributed by atoms with Crippen molar-refractivity contribution in [3.63, 3.8) is 0 Å². The van der Waals surface area contributed by atoms with Gasteiger partial charge in [0.25, 0.3) is 0 Å². The molecule has 0 aliphatic carbocycles. The van der Waals surface area contributed by atoms with Gasteiger partial charge in [0, 0.05) is 32.8 Å². The highest BCUT2D eigenvalue weighted by atomic mass is 16.7. The maximum atomic E-state index is 5.15. The zero-order valence-electron chi connectivity index (χ0n) is 11.0. The van der Waals surface area contributed by atoms with Gasteiger partial charge in [0.2, 0.25) is 0 Å². The third-order valence-electron chi connectivity index (χ3n) is 3.36. The zero-order chi connectivity index (χ0) is 12.0. The van der Waals surface area contributed by atoms with Crippen molar-refractivity contribution in [1.29, 1.82) is 0 Å². The van der Waals surface area contributed by atoms with Crippen LogP contribution in [0, 0.1) is 0 Å². The van der Waals surface area contributed by atoms with Gasteiger partial charge in [0.15, 0.2) is 6.29 Å². The molecule has 1 aliphatic heterocycles. The minimum atomic E-state index is -0.122. The Morgan fingerprint density at radius 2 is 1.75 bits per heavy atom. The molecule has 96 valence electrons. The molecule has 0 saturated carbocycles. The summed E-state index contributed by atoms with van der Waals surface area (Å²) in [4.78, 5) is 2.53. The number of piperidine rings is 1. The lowest BCUT2D eigenvalue weighted by molar-refractivity contribution is -0.100. The Labute approximate surface area is 99.3 Å². The molecule has 16 heavy (non-hydrogen) atoms. The summed E-state index contributed by atoms with van der Waals surface area (Å²) in [5, 5.41) is 3.51. The van der Waals surface area contributed by atoms with E-state index in [1.54, 1.807) is 14.2 Å². The van der Waals surface area contributed by atoms with Crippen molar-refractivity contribution < 1.29 is 9.47 Å². The number of nitrogens with one attached hydrogen (secondary N) is 1. The fourth-order valence-corrected chi connectivity index (χ4v) is 2.15. The Morgan fingerprint density at radius 1 is 1.19 bits per heavy atom. The van der Waals surface area contributed by atoms with Crippen molar-refractivity contribution in [2.45, 2.75) is 45.1 Å². The number of nitrogens with zero attached hydrogens (tertiary/aromatic N) is 1. The lowest BCUT2D eigenvalue weighted by Crippen LogP contribution is -2.46. The first-order valence-electron chi connectivity index (χ1n) is 6.20. The standard InChI is InChI=1S/C12H26N2O2/c1-10(2)14-7-5-11(6-8-14)13-9-12(15-3)16-4/h10-13H,5-9H2,1-4H3. The molecule has 0 aromatic rings. The molecule has 1 fully saturated rings. The van der Waals surface area contributed by atoms with Gasteiger partial charge >= 0.3 is 0 Å². The monoisotopic (exact) mass is 230 g/mol. The summed E-state index contributed by atoms with van der Waals surface area (Å²) in [6, 6.07) is 1.29. The molecular formula is C12H26N2O2. The van der Waals surface area contributed by atoms with Gasteiger partial charge in [0.1, 0.15) is 0 Å². The summed E-state index contributed by atoms with van der Waals surface area (Å²) in [5.41, 5.74) is 0. The number of likely N-dealkylation sites (tertiary alicyclic amines) is 1. The van der Waals surface area contributed by atoms with E-state index in [1.807, 2.05) is 0 Å². The molecule has 0 atom stereocenters. The van der Waals surface area contributed by atoms with E-state index >= 15 is 0 Å². The molecule has 0 bridgehead atoms. The molecule has 1 aliphatic rings. The average Bonchev–Trinajstić information content (AvgIpc) is 2.31. The predicted molar refractivity (Wildman–Crippen MR) is 65.5 cm³/mol. The van der Waals surface area contributed by atoms with Crippen molar-refractivity contribution in [3.05, 3.63) is 0 Å². The Kier molecular flexibility index (Phi) is 6.28. The highest BCUT2D eigenvalue weighted by molar-refractivity contribution is 4.78. The summed E-state index contributed by atoms with van der Waals surface area (Å²) < 4.78 is 10.3. The second kappa shape index (κ2) is 7.22. The number of rotatable bonds is 6. The van der Waals surface area contributed by atoms with E-state index in [1.165, 1.54) is 25.9 Å². The van der Waals surface area contributed by atoms with Crippen LogP contribution >= 0.6 is 0 Å². The summed E-state index contributed by atoms with van der Waals surface area (Å²) in [7, 11) is 3.36. The van der Waals surface area contributed by atoms with E-state index in [0.29, 0.717) is 12.1 Å². The Morgan fingerprint density at radius 3 is 2.19 bits per heavy atom. The predicted octanol–water partition coefficient (Wildman–Crippen LogP) is 1.07. The minimum Gasteiger partial charge on any atom is -0.355 e. The van der Waals surface area contributed by atoms with Crippen LogP contribution in [-0.4, -0.2) is 57.1 Å². The number of hydrogen-bond donors (Lipinski definition) is 1. The quantitative estimate of drug-likeness (QED) is 0.692. The van der Waals surface area contributed by atoms with Crippen LogP contribution in [0.2, 0.25) is 0 Å². The average molecular weight is 230 g/mol. The first-order valence-corrected chi connectivity index (χ1v) is 6.20. The topological polar surface area (TPSA) is 33.7 Å². The third-order valence-corrected chi connectivity index (χ3v) is 3.36. The molecule has 4 heteroatoms. The normalized spacial score (nSPS) is 19.9. The molecule has 0 aromatic carbocycles. The van der Waals surface area contributed by atoms with E-state index in [-0.39, 0.29) is 6.29 Å². The molecule has 0 aromatic heterocycles. The molecule has 1 rings (SSSR count). The molecular weight excluding hydrogens is 204 g/mol. The van der Waals surface area contributed by atoms with Crippen LogP contribution < -0.4 is 5.32 Å². The van der Waals surface area contributed by atoms with Crippen LogP contribution in [0.3, 0.4) is 0 Å². The highest BCUT2D eigenvalue weighted by Crippen LogP contribution is 2.12. The minimum absolute atomic E-state index is 0.122. The van der Waals surface area contributed by atoms with Gasteiger partial charge in [-0.25, -0.2) is 0 Å². The van der Waals surface area contributed by atoms with Crippen LogP contribution in [0.5, 0.6) is 0 Å². The van der Waals surface area contributed by atoms with Gasteiger partial charge in [-0.3, -0.25) is 0 Å². The SMILES string of the molecule is COC(CNC1CCN(C(C)C)CC1)OC. The van der Waals surface area contributed by atoms with Crippen LogP contribution in [0.4, 0.5) is 0 Å². The highest BCUT2D eigenvalue weighted by Gasteiger charge is 2.20. The van der Waals surface area contributed by atoms with Crippen LogP contribution in [-0.2, 0) is 9.47 Å². The maximum absolute atomic E-state index is 5.15. The molecule has 0 radical (unpaired) electrons. The first kappa shape index (κ1) is 13.9. The van der Waals surface area contributed by atoms with Gasteiger partial charge in [-0.1, -0.05) is 0 Å². The molecule has 0 spiro atoms. The third kappa shape index (κ3) is 4.37. The van der Waals surface area contributed by atoms with Gasteiger partial charge < -0.3 is 19.7 Å². The summed E-state index contributed by atoms with van der Waals surface area (Å²) in [6.07, 6.45) is 2.32. The molecule has 1 heterocycles. The van der Waals surface area contributed by atoms with Crippen LogP contribution in [0.1, 0.15) is 26.7 Å². The molecule has 0 unspecified atom stereocenters. The smallest absolute Gasteiger partial charge is 0.169 e. The molecule has 4 nitrogen and oxygen atoms in total. The number of hydrogen-bond acceptors (Lipinski definition) is 4. The molecule has 1 N–H and O–H groups in total. The number of ether oxygens (including phenoxy) is 2. The van der Waals surface area contributed by atoms with Crippen LogP contribution in [0.15, 0.2) is 0 Å². The van der Waals surface area contributed by atoms with E-state index in [4.69, 9.17) is 9.47 Å². The van der Waals surface area contributed by atoms with Crippen molar-refractivity contribution in [1.82, 2.24) is 10.2 Å². The van der Waals surface area contributed by atoms with E-state index < -0.39 is 0 Å². The summed E-state index contributed by atoms with van der Waals surface area (Å²) >= 11 is 0. The lowest BCUT2D eigenvalue weighted by Gasteiger charge is -2.35. The van der Waals surface area contributed by atoms with Gasteiger partial charge in [-0.05, 0) is 39.8 Å². The Hall–Kier alpha value is -0.160. The molecule has 0 amide bonds. The van der Waals surface area contributed by atoms with Crippen LogP contribution in [0.25, 0.3) is 0 Å². The van der Waals surface area contributed by atoms with E-state index in [0.717, 1.165) is 6.54 Å². The number of methoxy groups -OCH3 is 2. The fraction of sp³-hybridized carbons (Fsp3) is 1.00. The molecule has 1 saturated heterocycles. The van der Waals surface area contributed by atoms with Crippen molar-refractivity contribution in [3.8, 4) is 0 Å². The van der Waals surface area contributed by atoms with Crippen molar-refractivity contribution >= 4 is 0 Å².